The summed E-state index contributed by atoms with van der Waals surface area (Å²) in [5.41, 5.74) is 1.14. The van der Waals surface area contributed by atoms with Gasteiger partial charge in [0.2, 0.25) is 0 Å². The van der Waals surface area contributed by atoms with Gasteiger partial charge in [0.15, 0.2) is 5.82 Å². The number of rotatable bonds is 1. The molecule has 0 aromatic carbocycles. The molecule has 1 aromatic rings. The molecule has 2 heterocycles. The SMILES string of the molecule is Cc1cnnc(N2CCC(C)C(Cl)C2)c1. The van der Waals surface area contributed by atoms with Crippen LogP contribution >= 0.6 is 11.6 Å². The van der Waals surface area contributed by atoms with Gasteiger partial charge in [0.25, 0.3) is 0 Å². The minimum absolute atomic E-state index is 0.223. The molecule has 82 valence electrons. The second-order valence-corrected chi connectivity index (χ2v) is 4.88. The summed E-state index contributed by atoms with van der Waals surface area (Å²) in [5.74, 6) is 1.55. The van der Waals surface area contributed by atoms with Crippen molar-refractivity contribution in [3.63, 3.8) is 0 Å². The molecule has 15 heavy (non-hydrogen) atoms. The van der Waals surface area contributed by atoms with Crippen LogP contribution in [0.4, 0.5) is 5.82 Å². The molecule has 4 heteroatoms. The van der Waals surface area contributed by atoms with Crippen molar-refractivity contribution >= 4 is 17.4 Å². The molecule has 3 nitrogen and oxygen atoms in total. The van der Waals surface area contributed by atoms with Gasteiger partial charge in [0, 0.05) is 13.1 Å². The Morgan fingerprint density at radius 3 is 3.00 bits per heavy atom. The van der Waals surface area contributed by atoms with Gasteiger partial charge in [0.05, 0.1) is 11.6 Å². The summed E-state index contributed by atoms with van der Waals surface area (Å²) >= 11 is 6.26. The maximum absolute atomic E-state index is 6.26. The Kier molecular flexibility index (Phi) is 3.10. The average molecular weight is 226 g/mol. The summed E-state index contributed by atoms with van der Waals surface area (Å²) < 4.78 is 0. The zero-order valence-corrected chi connectivity index (χ0v) is 9.91. The van der Waals surface area contributed by atoms with Crippen molar-refractivity contribution in [1.82, 2.24) is 10.2 Å². The molecule has 0 N–H and O–H groups in total. The fourth-order valence-corrected chi connectivity index (χ4v) is 2.13. The molecule has 2 rings (SSSR count). The Balaban J connectivity index is 2.12. The molecule has 1 aliphatic rings. The van der Waals surface area contributed by atoms with Crippen LogP contribution in [-0.4, -0.2) is 28.7 Å². The number of hydrogen-bond donors (Lipinski definition) is 0. The summed E-state index contributed by atoms with van der Waals surface area (Å²) in [6.45, 7) is 6.14. The van der Waals surface area contributed by atoms with E-state index in [9.17, 15) is 0 Å². The quantitative estimate of drug-likeness (QED) is 0.687. The van der Waals surface area contributed by atoms with Crippen molar-refractivity contribution in [2.24, 2.45) is 5.92 Å². The van der Waals surface area contributed by atoms with Crippen molar-refractivity contribution in [2.45, 2.75) is 25.6 Å². The van der Waals surface area contributed by atoms with Crippen LogP contribution in [0.1, 0.15) is 18.9 Å². The summed E-state index contributed by atoms with van der Waals surface area (Å²) in [4.78, 5) is 2.22. The third kappa shape index (κ3) is 2.40. The highest BCUT2D eigenvalue weighted by Crippen LogP contribution is 2.24. The Labute approximate surface area is 95.5 Å². The van der Waals surface area contributed by atoms with Crippen molar-refractivity contribution in [3.8, 4) is 0 Å². The van der Waals surface area contributed by atoms with Crippen molar-refractivity contribution in [2.75, 3.05) is 18.0 Å². The highest BCUT2D eigenvalue weighted by Gasteiger charge is 2.25. The fourth-order valence-electron chi connectivity index (χ4n) is 1.83. The van der Waals surface area contributed by atoms with Crippen molar-refractivity contribution in [1.29, 1.82) is 0 Å². The lowest BCUT2D eigenvalue weighted by Gasteiger charge is -2.34. The zero-order valence-electron chi connectivity index (χ0n) is 9.15. The summed E-state index contributed by atoms with van der Waals surface area (Å²) in [6, 6.07) is 2.06. The zero-order chi connectivity index (χ0) is 10.8. The molecule has 0 saturated carbocycles. The van der Waals surface area contributed by atoms with Crippen LogP contribution in [-0.2, 0) is 0 Å². The largest absolute Gasteiger partial charge is 0.354 e. The molecule has 0 bridgehead atoms. The molecule has 1 aliphatic heterocycles. The van der Waals surface area contributed by atoms with Gasteiger partial charge in [-0.15, -0.1) is 16.7 Å². The van der Waals surface area contributed by atoms with Crippen LogP contribution in [0.5, 0.6) is 0 Å². The number of aryl methyl sites for hydroxylation is 1. The van der Waals surface area contributed by atoms with Gasteiger partial charge in [-0.25, -0.2) is 0 Å². The number of anilines is 1. The first-order valence-corrected chi connectivity index (χ1v) is 5.79. The minimum atomic E-state index is 0.223. The predicted octanol–water partition coefficient (Wildman–Crippen LogP) is 2.24. The van der Waals surface area contributed by atoms with Gasteiger partial charge in [-0.05, 0) is 30.9 Å². The van der Waals surface area contributed by atoms with E-state index < -0.39 is 0 Å². The van der Waals surface area contributed by atoms with Crippen LogP contribution < -0.4 is 4.90 Å². The first kappa shape index (κ1) is 10.7. The lowest BCUT2D eigenvalue weighted by atomic mass is 9.98. The van der Waals surface area contributed by atoms with Gasteiger partial charge >= 0.3 is 0 Å². The maximum atomic E-state index is 6.26. The van der Waals surface area contributed by atoms with Crippen LogP contribution in [0.15, 0.2) is 12.3 Å². The highest BCUT2D eigenvalue weighted by molar-refractivity contribution is 6.21. The van der Waals surface area contributed by atoms with E-state index in [-0.39, 0.29) is 5.38 Å². The molecule has 2 atom stereocenters. The molecular formula is C11H16ClN3. The highest BCUT2D eigenvalue weighted by atomic mass is 35.5. The third-order valence-electron chi connectivity index (χ3n) is 2.97. The molecule has 0 amide bonds. The normalized spacial score (nSPS) is 26.7. The fraction of sp³-hybridized carbons (Fsp3) is 0.636. The van der Waals surface area contributed by atoms with E-state index in [2.05, 4.69) is 28.1 Å². The molecule has 2 unspecified atom stereocenters. The summed E-state index contributed by atoms with van der Waals surface area (Å²) in [7, 11) is 0. The lowest BCUT2D eigenvalue weighted by molar-refractivity contribution is 0.443. The smallest absolute Gasteiger partial charge is 0.151 e. The topological polar surface area (TPSA) is 29.0 Å². The van der Waals surface area contributed by atoms with Crippen molar-refractivity contribution < 1.29 is 0 Å². The maximum Gasteiger partial charge on any atom is 0.151 e. The van der Waals surface area contributed by atoms with Gasteiger partial charge < -0.3 is 4.90 Å². The van der Waals surface area contributed by atoms with Gasteiger partial charge in [-0.3, -0.25) is 0 Å². The summed E-state index contributed by atoms with van der Waals surface area (Å²) in [6.07, 6.45) is 2.90. The van der Waals surface area contributed by atoms with Crippen LogP contribution in [0.3, 0.4) is 0 Å². The number of halogens is 1. The van der Waals surface area contributed by atoms with E-state index in [4.69, 9.17) is 11.6 Å². The van der Waals surface area contributed by atoms with E-state index in [1.807, 2.05) is 6.92 Å². The average Bonchev–Trinajstić information content (AvgIpc) is 2.22. The molecular weight excluding hydrogens is 210 g/mol. The second-order valence-electron chi connectivity index (χ2n) is 4.32. The number of nitrogens with zero attached hydrogens (tertiary/aromatic N) is 3. The number of alkyl halides is 1. The Morgan fingerprint density at radius 2 is 2.33 bits per heavy atom. The summed E-state index contributed by atoms with van der Waals surface area (Å²) in [5, 5.41) is 8.33. The number of hydrogen-bond acceptors (Lipinski definition) is 3. The third-order valence-corrected chi connectivity index (χ3v) is 3.54. The molecule has 0 spiro atoms. The first-order valence-electron chi connectivity index (χ1n) is 5.35. The standard InChI is InChI=1S/C11H16ClN3/c1-8-5-11(14-13-6-8)15-4-3-9(2)10(12)7-15/h5-6,9-10H,3-4,7H2,1-2H3. The minimum Gasteiger partial charge on any atom is -0.354 e. The van der Waals surface area contributed by atoms with E-state index in [1.54, 1.807) is 6.20 Å². The molecule has 1 saturated heterocycles. The molecule has 1 fully saturated rings. The Hall–Kier alpha value is -0.830. The number of piperidine rings is 1. The monoisotopic (exact) mass is 225 g/mol. The van der Waals surface area contributed by atoms with Crippen LogP contribution in [0.2, 0.25) is 0 Å². The van der Waals surface area contributed by atoms with Gasteiger partial charge in [-0.2, -0.15) is 5.10 Å². The Bertz CT molecular complexity index is 342. The van der Waals surface area contributed by atoms with Crippen LogP contribution in [0, 0.1) is 12.8 Å². The van der Waals surface area contributed by atoms with E-state index in [0.29, 0.717) is 5.92 Å². The van der Waals surface area contributed by atoms with Gasteiger partial charge in [0.1, 0.15) is 0 Å². The van der Waals surface area contributed by atoms with Gasteiger partial charge in [-0.1, -0.05) is 6.92 Å². The van der Waals surface area contributed by atoms with E-state index >= 15 is 0 Å². The molecule has 0 aliphatic carbocycles. The molecule has 0 radical (unpaired) electrons. The second kappa shape index (κ2) is 4.35. The lowest BCUT2D eigenvalue weighted by Crippen LogP contribution is -2.40. The predicted molar refractivity (Wildman–Crippen MR) is 62.4 cm³/mol. The number of aromatic nitrogens is 2. The first-order chi connectivity index (χ1) is 7.16. The van der Waals surface area contributed by atoms with E-state index in [1.165, 1.54) is 0 Å². The van der Waals surface area contributed by atoms with Crippen molar-refractivity contribution in [3.05, 3.63) is 17.8 Å². The Morgan fingerprint density at radius 1 is 1.53 bits per heavy atom. The van der Waals surface area contributed by atoms with E-state index in [0.717, 1.165) is 30.9 Å². The molecule has 1 aromatic heterocycles. The van der Waals surface area contributed by atoms with Crippen LogP contribution in [0.25, 0.3) is 0 Å².